The van der Waals surface area contributed by atoms with E-state index >= 15 is 0 Å². The van der Waals surface area contributed by atoms with Crippen LogP contribution in [0.15, 0.2) is 16.6 Å². The summed E-state index contributed by atoms with van der Waals surface area (Å²) >= 11 is 9.08. The van der Waals surface area contributed by atoms with Crippen LogP contribution < -0.4 is 11.5 Å². The summed E-state index contributed by atoms with van der Waals surface area (Å²) in [5.74, 6) is 0.0296. The summed E-state index contributed by atoms with van der Waals surface area (Å²) in [6, 6.07) is 3.07. The first-order valence-electron chi connectivity index (χ1n) is 4.20. The Hall–Kier alpha value is -0.290. The van der Waals surface area contributed by atoms with E-state index in [1.807, 2.05) is 0 Å². The molecule has 5 N–H and O–H groups in total. The molecule has 3 nitrogen and oxygen atoms in total. The lowest BCUT2D eigenvalue weighted by atomic mass is 10.0. The molecule has 1 atom stereocenters. The minimum absolute atomic E-state index is 0.0296. The van der Waals surface area contributed by atoms with Gasteiger partial charge >= 0.3 is 0 Å². The molecule has 0 bridgehead atoms. The number of hydrogen-bond acceptors (Lipinski definition) is 3. The van der Waals surface area contributed by atoms with Crippen molar-refractivity contribution in [3.63, 3.8) is 0 Å². The van der Waals surface area contributed by atoms with Crippen molar-refractivity contribution in [2.24, 2.45) is 11.5 Å². The normalized spacial score (nSPS) is 12.9. The van der Waals surface area contributed by atoms with Crippen molar-refractivity contribution in [3.05, 3.63) is 27.2 Å². The third kappa shape index (κ3) is 2.39. The highest BCUT2D eigenvalue weighted by Gasteiger charge is 2.16. The Morgan fingerprint density at radius 2 is 2.14 bits per heavy atom. The SMILES string of the molecule is NCC[C@H](N)c1c(Br)ccc(Cl)c1O. The fourth-order valence-corrected chi connectivity index (χ4v) is 2.01. The molecule has 0 radical (unpaired) electrons. The van der Waals surface area contributed by atoms with Gasteiger partial charge in [0.2, 0.25) is 0 Å². The Labute approximate surface area is 96.2 Å². The van der Waals surface area contributed by atoms with E-state index < -0.39 is 0 Å². The van der Waals surface area contributed by atoms with Crippen molar-refractivity contribution in [2.45, 2.75) is 12.5 Å². The zero-order valence-corrected chi connectivity index (χ0v) is 9.85. The van der Waals surface area contributed by atoms with Gasteiger partial charge in [0.1, 0.15) is 5.75 Å². The Bertz CT molecular complexity index is 333. The van der Waals surface area contributed by atoms with Crippen LogP contribution in [0.25, 0.3) is 0 Å². The number of benzene rings is 1. The van der Waals surface area contributed by atoms with Crippen LogP contribution in [0.1, 0.15) is 18.0 Å². The smallest absolute Gasteiger partial charge is 0.140 e. The first-order valence-corrected chi connectivity index (χ1v) is 5.37. The van der Waals surface area contributed by atoms with Crippen molar-refractivity contribution in [1.29, 1.82) is 0 Å². The molecule has 1 rings (SSSR count). The zero-order chi connectivity index (χ0) is 10.7. The molecule has 0 aliphatic carbocycles. The van der Waals surface area contributed by atoms with Crippen molar-refractivity contribution in [2.75, 3.05) is 6.54 Å². The molecule has 0 aliphatic heterocycles. The summed E-state index contributed by atoms with van der Waals surface area (Å²) < 4.78 is 0.750. The molecule has 0 unspecified atom stereocenters. The van der Waals surface area contributed by atoms with Crippen LogP contribution in [0.3, 0.4) is 0 Å². The molecule has 0 aromatic heterocycles. The van der Waals surface area contributed by atoms with Crippen LogP contribution in [-0.4, -0.2) is 11.7 Å². The standard InChI is InChI=1S/C9H12BrClN2O/c10-5-1-2-6(11)9(14)8(5)7(13)3-4-12/h1-2,7,14H,3-4,12-13H2/t7-/m0/s1. The highest BCUT2D eigenvalue weighted by atomic mass is 79.9. The predicted molar refractivity (Wildman–Crippen MR) is 61.4 cm³/mol. The Morgan fingerprint density at radius 3 is 2.71 bits per heavy atom. The molecular weight excluding hydrogens is 267 g/mol. The van der Waals surface area contributed by atoms with E-state index in [1.54, 1.807) is 12.1 Å². The second-order valence-corrected chi connectivity index (χ2v) is 4.24. The maximum atomic E-state index is 9.69. The molecule has 1 aromatic carbocycles. The Kier molecular flexibility index (Phi) is 4.19. The second-order valence-electron chi connectivity index (χ2n) is 2.98. The molecule has 0 spiro atoms. The lowest BCUT2D eigenvalue weighted by molar-refractivity contribution is 0.458. The van der Waals surface area contributed by atoms with Crippen molar-refractivity contribution >= 4 is 27.5 Å². The Balaban J connectivity index is 3.11. The van der Waals surface area contributed by atoms with E-state index in [2.05, 4.69) is 15.9 Å². The van der Waals surface area contributed by atoms with Crippen LogP contribution in [-0.2, 0) is 0 Å². The van der Waals surface area contributed by atoms with Gasteiger partial charge in [0.15, 0.2) is 0 Å². The third-order valence-corrected chi connectivity index (χ3v) is 2.96. The number of rotatable bonds is 3. The number of hydrogen-bond donors (Lipinski definition) is 3. The molecule has 0 saturated carbocycles. The molecule has 1 aromatic rings. The van der Waals surface area contributed by atoms with Crippen LogP contribution in [0, 0.1) is 0 Å². The molecule has 0 fully saturated rings. The predicted octanol–water partition coefficient (Wildman–Crippen LogP) is 2.16. The summed E-state index contributed by atoms with van der Waals surface area (Å²) in [5, 5.41) is 9.99. The van der Waals surface area contributed by atoms with Gasteiger partial charge in [-0.2, -0.15) is 0 Å². The largest absolute Gasteiger partial charge is 0.506 e. The van der Waals surface area contributed by atoms with Gasteiger partial charge < -0.3 is 16.6 Å². The highest BCUT2D eigenvalue weighted by Crippen LogP contribution is 2.37. The minimum Gasteiger partial charge on any atom is -0.506 e. The quantitative estimate of drug-likeness (QED) is 0.794. The van der Waals surface area contributed by atoms with Gasteiger partial charge in [-0.15, -0.1) is 0 Å². The summed E-state index contributed by atoms with van der Waals surface area (Å²) in [7, 11) is 0. The van der Waals surface area contributed by atoms with Crippen molar-refractivity contribution < 1.29 is 5.11 Å². The van der Waals surface area contributed by atoms with E-state index in [0.29, 0.717) is 23.6 Å². The van der Waals surface area contributed by atoms with Gasteiger partial charge in [-0.25, -0.2) is 0 Å². The number of phenols is 1. The van der Waals surface area contributed by atoms with Gasteiger partial charge in [-0.1, -0.05) is 27.5 Å². The Morgan fingerprint density at radius 1 is 1.50 bits per heavy atom. The fourth-order valence-electron chi connectivity index (χ4n) is 1.23. The summed E-state index contributed by atoms with van der Waals surface area (Å²) in [6.07, 6.45) is 0.604. The minimum atomic E-state index is -0.298. The lowest BCUT2D eigenvalue weighted by Crippen LogP contribution is -2.16. The zero-order valence-electron chi connectivity index (χ0n) is 7.50. The van der Waals surface area contributed by atoms with Crippen molar-refractivity contribution in [3.8, 4) is 5.75 Å². The van der Waals surface area contributed by atoms with Gasteiger partial charge in [0.05, 0.1) is 5.02 Å². The number of aromatic hydroxyl groups is 1. The number of phenolic OH excluding ortho intramolecular Hbond substituents is 1. The van der Waals surface area contributed by atoms with E-state index in [0.717, 1.165) is 4.47 Å². The maximum Gasteiger partial charge on any atom is 0.140 e. The molecule has 0 heterocycles. The maximum absolute atomic E-state index is 9.69. The average Bonchev–Trinajstić information content (AvgIpc) is 2.13. The lowest BCUT2D eigenvalue weighted by Gasteiger charge is -2.15. The molecule has 0 saturated heterocycles. The fraction of sp³-hybridized carbons (Fsp3) is 0.333. The van der Waals surface area contributed by atoms with Crippen LogP contribution in [0.2, 0.25) is 5.02 Å². The van der Waals surface area contributed by atoms with Crippen LogP contribution in [0.5, 0.6) is 5.75 Å². The average molecular weight is 280 g/mol. The molecule has 78 valence electrons. The monoisotopic (exact) mass is 278 g/mol. The van der Waals surface area contributed by atoms with Crippen LogP contribution >= 0.6 is 27.5 Å². The van der Waals surface area contributed by atoms with E-state index in [9.17, 15) is 5.11 Å². The van der Waals surface area contributed by atoms with E-state index in [-0.39, 0.29) is 11.8 Å². The van der Waals surface area contributed by atoms with Gasteiger partial charge in [0.25, 0.3) is 0 Å². The third-order valence-electron chi connectivity index (χ3n) is 1.96. The topological polar surface area (TPSA) is 72.3 Å². The van der Waals surface area contributed by atoms with Gasteiger partial charge in [-0.05, 0) is 25.1 Å². The summed E-state index contributed by atoms with van der Waals surface area (Å²) in [4.78, 5) is 0. The molecule has 14 heavy (non-hydrogen) atoms. The second kappa shape index (κ2) is 4.98. The molecular formula is C9H12BrClN2O. The van der Waals surface area contributed by atoms with Crippen molar-refractivity contribution in [1.82, 2.24) is 0 Å². The van der Waals surface area contributed by atoms with Crippen LogP contribution in [0.4, 0.5) is 0 Å². The van der Waals surface area contributed by atoms with E-state index in [4.69, 9.17) is 23.1 Å². The highest BCUT2D eigenvalue weighted by molar-refractivity contribution is 9.10. The first-order chi connectivity index (χ1) is 6.57. The summed E-state index contributed by atoms with van der Waals surface area (Å²) in [5.41, 5.74) is 11.9. The van der Waals surface area contributed by atoms with E-state index in [1.165, 1.54) is 0 Å². The molecule has 0 aliphatic rings. The molecule has 0 amide bonds. The van der Waals surface area contributed by atoms with Gasteiger partial charge in [0, 0.05) is 16.1 Å². The number of nitrogens with two attached hydrogens (primary N) is 2. The first kappa shape index (κ1) is 11.8. The van der Waals surface area contributed by atoms with Gasteiger partial charge in [-0.3, -0.25) is 0 Å². The molecule has 5 heteroatoms. The number of halogens is 2. The summed E-state index contributed by atoms with van der Waals surface area (Å²) in [6.45, 7) is 0.472.